The van der Waals surface area contributed by atoms with E-state index >= 15 is 0 Å². The number of carbonyl (C=O) groups excluding carboxylic acids is 2. The fourth-order valence-corrected chi connectivity index (χ4v) is 3.81. The molecule has 0 radical (unpaired) electrons. The van der Waals surface area contributed by atoms with E-state index in [2.05, 4.69) is 17.4 Å². The second kappa shape index (κ2) is 8.38. The monoisotopic (exact) mass is 364 g/mol. The molecule has 2 aromatic rings. The molecule has 0 aromatic heterocycles. The molecule has 1 atom stereocenters. The molecule has 1 aliphatic heterocycles. The zero-order chi connectivity index (χ0) is 19.4. The summed E-state index contributed by atoms with van der Waals surface area (Å²) < 4.78 is 0. The number of nitrogens with zero attached hydrogens (tertiary/aromatic N) is 1. The van der Waals surface area contributed by atoms with Crippen molar-refractivity contribution in [2.45, 2.75) is 40.2 Å². The molecule has 0 spiro atoms. The summed E-state index contributed by atoms with van der Waals surface area (Å²) in [6.45, 7) is 7.78. The molecule has 1 saturated heterocycles. The number of nitrogens with one attached hydrogen (secondary N) is 1. The van der Waals surface area contributed by atoms with Crippen molar-refractivity contribution in [3.63, 3.8) is 0 Å². The number of piperidine rings is 1. The lowest BCUT2D eigenvalue weighted by Crippen LogP contribution is -2.45. The van der Waals surface area contributed by atoms with E-state index in [0.717, 1.165) is 29.5 Å². The molecule has 1 fully saturated rings. The van der Waals surface area contributed by atoms with Crippen LogP contribution in [-0.2, 0) is 11.3 Å². The first-order valence-corrected chi connectivity index (χ1v) is 9.63. The maximum Gasteiger partial charge on any atom is 0.253 e. The normalized spacial score (nSPS) is 16.9. The lowest BCUT2D eigenvalue weighted by atomic mass is 9.96. The predicted molar refractivity (Wildman–Crippen MR) is 108 cm³/mol. The Balaban J connectivity index is 1.61. The van der Waals surface area contributed by atoms with E-state index < -0.39 is 0 Å². The Kier molecular flexibility index (Phi) is 5.94. The average molecular weight is 364 g/mol. The summed E-state index contributed by atoms with van der Waals surface area (Å²) in [5.74, 6) is -0.0779. The highest BCUT2D eigenvalue weighted by atomic mass is 16.2. The van der Waals surface area contributed by atoms with Crippen molar-refractivity contribution in [3.05, 3.63) is 70.3 Å². The van der Waals surface area contributed by atoms with Crippen molar-refractivity contribution in [3.8, 4) is 0 Å². The minimum absolute atomic E-state index is 0.0259. The van der Waals surface area contributed by atoms with Gasteiger partial charge < -0.3 is 10.2 Å². The van der Waals surface area contributed by atoms with E-state index in [-0.39, 0.29) is 17.7 Å². The largest absolute Gasteiger partial charge is 0.352 e. The number of carbonyl (C=O) groups is 2. The molecule has 1 heterocycles. The molecule has 27 heavy (non-hydrogen) atoms. The first kappa shape index (κ1) is 19.2. The van der Waals surface area contributed by atoms with Crippen molar-refractivity contribution in [2.24, 2.45) is 5.92 Å². The molecule has 3 rings (SSSR count). The van der Waals surface area contributed by atoms with E-state index in [1.807, 2.05) is 56.0 Å². The Hall–Kier alpha value is -2.62. The van der Waals surface area contributed by atoms with Gasteiger partial charge in [0.25, 0.3) is 5.91 Å². The summed E-state index contributed by atoms with van der Waals surface area (Å²) in [6.07, 6.45) is 1.69. The Morgan fingerprint density at radius 2 is 1.78 bits per heavy atom. The molecular weight excluding hydrogens is 336 g/mol. The maximum absolute atomic E-state index is 12.9. The molecule has 4 nitrogen and oxygen atoms in total. The van der Waals surface area contributed by atoms with E-state index in [1.165, 1.54) is 5.56 Å². The SMILES string of the molecule is Cc1cccc(CNC(=O)C2CCCN(C(=O)c3cc(C)cc(C)c3)C2)c1. The number of hydrogen-bond acceptors (Lipinski definition) is 2. The number of likely N-dealkylation sites (tertiary alicyclic amines) is 1. The van der Waals surface area contributed by atoms with Gasteiger partial charge >= 0.3 is 0 Å². The van der Waals surface area contributed by atoms with Gasteiger partial charge in [-0.2, -0.15) is 0 Å². The highest BCUT2D eigenvalue weighted by Crippen LogP contribution is 2.20. The molecular formula is C23H28N2O2. The summed E-state index contributed by atoms with van der Waals surface area (Å²) in [7, 11) is 0. The highest BCUT2D eigenvalue weighted by Gasteiger charge is 2.28. The average Bonchev–Trinajstić information content (AvgIpc) is 2.65. The summed E-state index contributed by atoms with van der Waals surface area (Å²) >= 11 is 0. The smallest absolute Gasteiger partial charge is 0.253 e. The van der Waals surface area contributed by atoms with Gasteiger partial charge in [-0.25, -0.2) is 0 Å². The third kappa shape index (κ3) is 4.97. The molecule has 0 bridgehead atoms. The molecule has 0 aliphatic carbocycles. The van der Waals surface area contributed by atoms with Gasteiger partial charge in [-0.15, -0.1) is 0 Å². The summed E-state index contributed by atoms with van der Waals surface area (Å²) in [5, 5.41) is 3.04. The number of benzene rings is 2. The first-order chi connectivity index (χ1) is 12.9. The first-order valence-electron chi connectivity index (χ1n) is 9.63. The predicted octanol–water partition coefficient (Wildman–Crippen LogP) is 3.78. The summed E-state index contributed by atoms with van der Waals surface area (Å²) in [6, 6.07) is 14.1. The van der Waals surface area contributed by atoms with Gasteiger partial charge in [0.2, 0.25) is 5.91 Å². The fraction of sp³-hybridized carbons (Fsp3) is 0.391. The zero-order valence-corrected chi connectivity index (χ0v) is 16.4. The lowest BCUT2D eigenvalue weighted by molar-refractivity contribution is -0.126. The maximum atomic E-state index is 12.9. The Bertz CT molecular complexity index is 824. The van der Waals surface area contributed by atoms with E-state index in [0.29, 0.717) is 25.2 Å². The van der Waals surface area contributed by atoms with Crippen LogP contribution in [0.5, 0.6) is 0 Å². The van der Waals surface area contributed by atoms with Crippen LogP contribution >= 0.6 is 0 Å². The van der Waals surface area contributed by atoms with E-state index in [4.69, 9.17) is 0 Å². The topological polar surface area (TPSA) is 49.4 Å². The van der Waals surface area contributed by atoms with Crippen molar-refractivity contribution >= 4 is 11.8 Å². The van der Waals surface area contributed by atoms with Crippen molar-refractivity contribution in [2.75, 3.05) is 13.1 Å². The molecule has 4 heteroatoms. The van der Waals surface area contributed by atoms with Gasteiger partial charge in [-0.1, -0.05) is 47.0 Å². The van der Waals surface area contributed by atoms with Gasteiger partial charge in [0, 0.05) is 25.2 Å². The van der Waals surface area contributed by atoms with Gasteiger partial charge in [0.05, 0.1) is 5.92 Å². The number of hydrogen-bond donors (Lipinski definition) is 1. The second-order valence-electron chi connectivity index (χ2n) is 7.67. The second-order valence-corrected chi connectivity index (χ2v) is 7.67. The van der Waals surface area contributed by atoms with Crippen LogP contribution in [0.4, 0.5) is 0 Å². The minimum atomic E-state index is -0.140. The molecule has 0 saturated carbocycles. The van der Waals surface area contributed by atoms with Crippen LogP contribution in [0.1, 0.15) is 45.5 Å². The quantitative estimate of drug-likeness (QED) is 0.897. The number of rotatable bonds is 4. The molecule has 1 unspecified atom stereocenters. The van der Waals surface area contributed by atoms with Gasteiger partial charge in [0.1, 0.15) is 0 Å². The highest BCUT2D eigenvalue weighted by molar-refractivity contribution is 5.95. The molecule has 1 N–H and O–H groups in total. The Morgan fingerprint density at radius 3 is 2.48 bits per heavy atom. The zero-order valence-electron chi connectivity index (χ0n) is 16.4. The number of aryl methyl sites for hydroxylation is 3. The van der Waals surface area contributed by atoms with Gasteiger partial charge in [0.15, 0.2) is 0 Å². The van der Waals surface area contributed by atoms with Crippen LogP contribution < -0.4 is 5.32 Å². The Morgan fingerprint density at radius 1 is 1.04 bits per heavy atom. The fourth-order valence-electron chi connectivity index (χ4n) is 3.81. The third-order valence-corrected chi connectivity index (χ3v) is 5.10. The molecule has 2 amide bonds. The van der Waals surface area contributed by atoms with Crippen LogP contribution in [0.25, 0.3) is 0 Å². The van der Waals surface area contributed by atoms with Gasteiger partial charge in [-0.05, 0) is 51.3 Å². The summed E-state index contributed by atoms with van der Waals surface area (Å²) in [4.78, 5) is 27.3. The van der Waals surface area contributed by atoms with E-state index in [1.54, 1.807) is 0 Å². The number of amides is 2. The standard InChI is InChI=1S/C23H28N2O2/c1-16-6-4-7-19(11-16)14-24-22(26)20-8-5-9-25(15-20)23(27)21-12-17(2)10-18(3)13-21/h4,6-7,10-13,20H,5,8-9,14-15H2,1-3H3,(H,24,26). The lowest BCUT2D eigenvalue weighted by Gasteiger charge is -2.32. The van der Waals surface area contributed by atoms with Crippen LogP contribution in [0.15, 0.2) is 42.5 Å². The van der Waals surface area contributed by atoms with Crippen LogP contribution in [-0.4, -0.2) is 29.8 Å². The van der Waals surface area contributed by atoms with Crippen molar-refractivity contribution in [1.82, 2.24) is 10.2 Å². The summed E-state index contributed by atoms with van der Waals surface area (Å²) in [5.41, 5.74) is 5.17. The Labute approximate surface area is 161 Å². The van der Waals surface area contributed by atoms with Gasteiger partial charge in [-0.3, -0.25) is 9.59 Å². The molecule has 2 aromatic carbocycles. The van der Waals surface area contributed by atoms with Crippen LogP contribution in [0.2, 0.25) is 0 Å². The van der Waals surface area contributed by atoms with Crippen LogP contribution in [0.3, 0.4) is 0 Å². The molecule has 1 aliphatic rings. The van der Waals surface area contributed by atoms with Crippen LogP contribution in [0, 0.1) is 26.7 Å². The van der Waals surface area contributed by atoms with Crippen molar-refractivity contribution < 1.29 is 9.59 Å². The van der Waals surface area contributed by atoms with E-state index in [9.17, 15) is 9.59 Å². The molecule has 142 valence electrons. The minimum Gasteiger partial charge on any atom is -0.352 e. The van der Waals surface area contributed by atoms with Crippen molar-refractivity contribution in [1.29, 1.82) is 0 Å². The third-order valence-electron chi connectivity index (χ3n) is 5.10.